The van der Waals surface area contributed by atoms with Gasteiger partial charge in [-0.3, -0.25) is 9.69 Å². The first-order valence-electron chi connectivity index (χ1n) is 7.43. The molecule has 0 atom stereocenters. The van der Waals surface area contributed by atoms with Gasteiger partial charge in [-0.2, -0.15) is 0 Å². The molecule has 6 heteroatoms. The van der Waals surface area contributed by atoms with E-state index in [1.165, 1.54) is 0 Å². The smallest absolute Gasteiger partial charge is 0.293 e. The van der Waals surface area contributed by atoms with Crippen LogP contribution in [0.5, 0.6) is 0 Å². The van der Waals surface area contributed by atoms with Gasteiger partial charge in [-0.1, -0.05) is 0 Å². The molecule has 0 aromatic carbocycles. The first-order chi connectivity index (χ1) is 9.66. The minimum absolute atomic E-state index is 0.0289. The lowest BCUT2D eigenvalue weighted by atomic mass is 10.1. The zero-order valence-corrected chi connectivity index (χ0v) is 12.2. The first kappa shape index (κ1) is 13.6. The van der Waals surface area contributed by atoms with Crippen LogP contribution in [0.3, 0.4) is 0 Å². The van der Waals surface area contributed by atoms with Crippen LogP contribution in [0.4, 0.5) is 5.82 Å². The molecule has 110 valence electrons. The molecule has 1 aromatic rings. The number of hydrogen-bond donors (Lipinski definition) is 1. The summed E-state index contributed by atoms with van der Waals surface area (Å²) in [5.41, 5.74) is 0.0289. The predicted molar refractivity (Wildman–Crippen MR) is 79.3 cm³/mol. The normalized spacial score (nSPS) is 21.2. The zero-order valence-electron chi connectivity index (χ0n) is 12.2. The van der Waals surface area contributed by atoms with E-state index in [2.05, 4.69) is 20.1 Å². The molecule has 0 spiro atoms. The first-order valence-corrected chi connectivity index (χ1v) is 7.43. The Kier molecular flexibility index (Phi) is 3.76. The summed E-state index contributed by atoms with van der Waals surface area (Å²) in [5.74, 6) is 0.604. The van der Waals surface area contributed by atoms with E-state index in [1.807, 2.05) is 13.8 Å². The highest BCUT2D eigenvalue weighted by Crippen LogP contribution is 2.19. The number of aromatic nitrogens is 2. The van der Waals surface area contributed by atoms with E-state index >= 15 is 0 Å². The summed E-state index contributed by atoms with van der Waals surface area (Å²) in [6.07, 6.45) is 3.50. The van der Waals surface area contributed by atoms with E-state index < -0.39 is 0 Å². The fraction of sp³-hybridized carbons (Fsp3) is 0.714. The second kappa shape index (κ2) is 5.54. The van der Waals surface area contributed by atoms with Crippen LogP contribution in [0.1, 0.15) is 19.9 Å². The van der Waals surface area contributed by atoms with Crippen molar-refractivity contribution in [1.82, 2.24) is 19.8 Å². The van der Waals surface area contributed by atoms with Crippen molar-refractivity contribution >= 4 is 5.82 Å². The van der Waals surface area contributed by atoms with E-state index in [9.17, 15) is 4.79 Å². The molecule has 3 rings (SSSR count). The minimum Gasteiger partial charge on any atom is -0.349 e. The maximum atomic E-state index is 12.4. The third-order valence-electron chi connectivity index (χ3n) is 4.24. The van der Waals surface area contributed by atoms with Gasteiger partial charge in [0.25, 0.3) is 5.56 Å². The Bertz CT molecular complexity index is 515. The van der Waals surface area contributed by atoms with Crippen LogP contribution >= 0.6 is 0 Å². The van der Waals surface area contributed by atoms with Crippen molar-refractivity contribution in [2.24, 2.45) is 0 Å². The predicted octanol–water partition coefficient (Wildman–Crippen LogP) is -0.0820. The summed E-state index contributed by atoms with van der Waals surface area (Å²) < 4.78 is 1.75. The second-order valence-electron chi connectivity index (χ2n) is 5.90. The third kappa shape index (κ3) is 2.45. The Morgan fingerprint density at radius 1 is 1.30 bits per heavy atom. The molecule has 0 saturated carbocycles. The quantitative estimate of drug-likeness (QED) is 0.837. The van der Waals surface area contributed by atoms with Crippen molar-refractivity contribution in [3.05, 3.63) is 22.7 Å². The molecule has 2 fully saturated rings. The van der Waals surface area contributed by atoms with E-state index in [4.69, 9.17) is 0 Å². The van der Waals surface area contributed by atoms with E-state index in [0.29, 0.717) is 11.9 Å². The number of anilines is 1. The molecule has 1 aromatic heterocycles. The average Bonchev–Trinajstić information content (AvgIpc) is 2.40. The monoisotopic (exact) mass is 277 g/mol. The fourth-order valence-corrected chi connectivity index (χ4v) is 2.94. The van der Waals surface area contributed by atoms with Gasteiger partial charge in [0, 0.05) is 63.7 Å². The largest absolute Gasteiger partial charge is 0.349 e. The van der Waals surface area contributed by atoms with Gasteiger partial charge >= 0.3 is 0 Å². The molecule has 0 aliphatic carbocycles. The van der Waals surface area contributed by atoms with Gasteiger partial charge in [0.05, 0.1) is 0 Å². The van der Waals surface area contributed by atoms with Gasteiger partial charge in [-0.15, -0.1) is 0 Å². The van der Waals surface area contributed by atoms with Gasteiger partial charge < -0.3 is 14.8 Å². The third-order valence-corrected chi connectivity index (χ3v) is 4.24. The number of nitrogens with one attached hydrogen (secondary N) is 1. The molecule has 20 heavy (non-hydrogen) atoms. The van der Waals surface area contributed by atoms with Crippen molar-refractivity contribution in [3.63, 3.8) is 0 Å². The lowest BCUT2D eigenvalue weighted by Gasteiger charge is -2.47. The highest BCUT2D eigenvalue weighted by molar-refractivity contribution is 5.40. The molecule has 0 bridgehead atoms. The molecule has 2 saturated heterocycles. The number of piperazine rings is 1. The van der Waals surface area contributed by atoms with Gasteiger partial charge in [-0.05, 0) is 13.8 Å². The van der Waals surface area contributed by atoms with E-state index in [1.54, 1.807) is 17.0 Å². The number of rotatable bonds is 3. The molecule has 2 aliphatic rings. The highest BCUT2D eigenvalue weighted by Gasteiger charge is 2.34. The van der Waals surface area contributed by atoms with Crippen LogP contribution in [0.2, 0.25) is 0 Å². The summed E-state index contributed by atoms with van der Waals surface area (Å²) in [5, 5.41) is 3.37. The molecule has 0 radical (unpaired) electrons. The topological polar surface area (TPSA) is 53.4 Å². The van der Waals surface area contributed by atoms with Crippen molar-refractivity contribution < 1.29 is 0 Å². The Balaban J connectivity index is 1.68. The molecule has 1 N–H and O–H groups in total. The molecule has 0 amide bonds. The highest BCUT2D eigenvalue weighted by atomic mass is 16.1. The zero-order chi connectivity index (χ0) is 14.1. The lowest BCUT2D eigenvalue weighted by molar-refractivity contribution is 0.147. The van der Waals surface area contributed by atoms with Gasteiger partial charge in [0.15, 0.2) is 5.82 Å². The van der Waals surface area contributed by atoms with Gasteiger partial charge in [-0.25, -0.2) is 4.98 Å². The molecule has 6 nitrogen and oxygen atoms in total. The standard InChI is InChI=1S/C14H23N5O/c1-11(2)19-8-5-16-13(14(19)20)18-9-12(10-18)17-6-3-15-4-7-17/h5,8,11-12,15H,3-4,6-7,9-10H2,1-2H3. The van der Waals surface area contributed by atoms with E-state index in [-0.39, 0.29) is 11.6 Å². The van der Waals surface area contributed by atoms with Gasteiger partial charge in [0.2, 0.25) is 0 Å². The summed E-state index contributed by atoms with van der Waals surface area (Å²) in [4.78, 5) is 21.3. The molecule has 0 unspecified atom stereocenters. The summed E-state index contributed by atoms with van der Waals surface area (Å²) >= 11 is 0. The Hall–Kier alpha value is -1.40. The molecular formula is C14H23N5O. The van der Waals surface area contributed by atoms with Crippen molar-refractivity contribution in [3.8, 4) is 0 Å². The maximum Gasteiger partial charge on any atom is 0.293 e. The average molecular weight is 277 g/mol. The van der Waals surface area contributed by atoms with Crippen LogP contribution in [0, 0.1) is 0 Å². The Labute approximate surface area is 119 Å². The van der Waals surface area contributed by atoms with Gasteiger partial charge in [0.1, 0.15) is 0 Å². The minimum atomic E-state index is 0.0289. The van der Waals surface area contributed by atoms with Crippen LogP contribution in [-0.4, -0.2) is 59.8 Å². The van der Waals surface area contributed by atoms with Crippen molar-refractivity contribution in [2.45, 2.75) is 25.9 Å². The number of nitrogens with zero attached hydrogens (tertiary/aromatic N) is 4. The van der Waals surface area contributed by atoms with E-state index in [0.717, 1.165) is 39.3 Å². The van der Waals surface area contributed by atoms with Crippen molar-refractivity contribution in [1.29, 1.82) is 0 Å². The van der Waals surface area contributed by atoms with Crippen molar-refractivity contribution in [2.75, 3.05) is 44.2 Å². The molecule has 2 aliphatic heterocycles. The maximum absolute atomic E-state index is 12.4. The molecular weight excluding hydrogens is 254 g/mol. The SMILES string of the molecule is CC(C)n1ccnc(N2CC(N3CCNCC3)C2)c1=O. The lowest BCUT2D eigenvalue weighted by Crippen LogP contribution is -2.63. The van der Waals surface area contributed by atoms with Crippen LogP contribution in [0.15, 0.2) is 17.2 Å². The Morgan fingerprint density at radius 3 is 2.65 bits per heavy atom. The van der Waals surface area contributed by atoms with Crippen LogP contribution in [0.25, 0.3) is 0 Å². The summed E-state index contributed by atoms with van der Waals surface area (Å²) in [6.45, 7) is 10.2. The summed E-state index contributed by atoms with van der Waals surface area (Å²) in [7, 11) is 0. The summed E-state index contributed by atoms with van der Waals surface area (Å²) in [6, 6.07) is 0.750. The fourth-order valence-electron chi connectivity index (χ4n) is 2.94. The second-order valence-corrected chi connectivity index (χ2v) is 5.90. The van der Waals surface area contributed by atoms with Crippen LogP contribution < -0.4 is 15.8 Å². The number of hydrogen-bond acceptors (Lipinski definition) is 5. The van der Waals surface area contributed by atoms with Crippen LogP contribution in [-0.2, 0) is 0 Å². The Morgan fingerprint density at radius 2 is 2.00 bits per heavy atom. The molecule has 3 heterocycles.